The Morgan fingerprint density at radius 1 is 0.889 bits per heavy atom. The highest BCUT2D eigenvalue weighted by atomic mass is 19.1. The van der Waals surface area contributed by atoms with Crippen molar-refractivity contribution in [1.82, 2.24) is 9.80 Å². The molecule has 0 N–H and O–H groups in total. The van der Waals surface area contributed by atoms with Gasteiger partial charge >= 0.3 is 0 Å². The first-order chi connectivity index (χ1) is 13.1. The quantitative estimate of drug-likeness (QED) is 0.814. The molecule has 1 aromatic carbocycles. The molecule has 0 unspecified atom stereocenters. The molecule has 2 saturated heterocycles. The van der Waals surface area contributed by atoms with Gasteiger partial charge < -0.3 is 14.5 Å². The van der Waals surface area contributed by atoms with Crippen molar-refractivity contribution in [3.8, 4) is 5.75 Å². The number of carbonyl (C=O) groups excluding carboxylic acids is 2. The monoisotopic (exact) mass is 374 g/mol. The number of halogens is 1. The maximum absolute atomic E-state index is 13.7. The number of likely N-dealkylation sites (tertiary alicyclic amines) is 2. The van der Waals surface area contributed by atoms with Gasteiger partial charge in [-0.2, -0.15) is 0 Å². The summed E-state index contributed by atoms with van der Waals surface area (Å²) >= 11 is 0. The second-order valence-electron chi connectivity index (χ2n) is 7.94. The van der Waals surface area contributed by atoms with Crippen molar-refractivity contribution in [2.24, 2.45) is 11.8 Å². The molecular formula is C21H27FN2O3. The summed E-state index contributed by atoms with van der Waals surface area (Å²) in [6.07, 6.45) is 5.59. The lowest BCUT2D eigenvalue weighted by atomic mass is 9.77. The van der Waals surface area contributed by atoms with Crippen molar-refractivity contribution in [2.45, 2.75) is 44.6 Å². The van der Waals surface area contributed by atoms with Crippen LogP contribution >= 0.6 is 0 Å². The first-order valence-corrected chi connectivity index (χ1v) is 10.1. The van der Waals surface area contributed by atoms with Gasteiger partial charge in [0.25, 0.3) is 0 Å². The molecule has 2 amide bonds. The molecule has 27 heavy (non-hydrogen) atoms. The zero-order valence-corrected chi connectivity index (χ0v) is 15.6. The molecule has 0 spiro atoms. The number of rotatable bonds is 4. The Balaban J connectivity index is 1.34. The zero-order valence-electron chi connectivity index (χ0n) is 15.6. The molecule has 4 rings (SSSR count). The largest absolute Gasteiger partial charge is 0.484 e. The third-order valence-electron chi connectivity index (χ3n) is 6.11. The highest BCUT2D eigenvalue weighted by Gasteiger charge is 2.43. The Hall–Kier alpha value is -2.11. The molecule has 3 aliphatic rings. The molecule has 146 valence electrons. The second kappa shape index (κ2) is 7.87. The van der Waals surface area contributed by atoms with Gasteiger partial charge in [0.1, 0.15) is 6.10 Å². The molecule has 1 aromatic rings. The van der Waals surface area contributed by atoms with Crippen LogP contribution in [0.5, 0.6) is 5.75 Å². The van der Waals surface area contributed by atoms with E-state index >= 15 is 0 Å². The van der Waals surface area contributed by atoms with E-state index in [1.165, 1.54) is 6.07 Å². The van der Waals surface area contributed by atoms with Crippen molar-refractivity contribution in [3.05, 3.63) is 30.1 Å². The standard InChI is InChI=1S/C21H27FN2O3/c22-18-9-3-4-10-19(18)27-15-13-24(14-15)21(26)17-8-2-1-7-16(17)20(25)23-11-5-6-12-23/h3-4,9-10,15-17H,1-2,5-8,11-14H2/t16-,17+/m1/s1. The van der Waals surface area contributed by atoms with E-state index in [1.807, 2.05) is 4.90 Å². The predicted octanol–water partition coefficient (Wildman–Crippen LogP) is 2.84. The summed E-state index contributed by atoms with van der Waals surface area (Å²) < 4.78 is 19.4. The fraction of sp³-hybridized carbons (Fsp3) is 0.619. The lowest BCUT2D eigenvalue weighted by Gasteiger charge is -2.43. The molecule has 2 aliphatic heterocycles. The Morgan fingerprint density at radius 2 is 1.48 bits per heavy atom. The number of nitrogens with zero attached hydrogens (tertiary/aromatic N) is 2. The SMILES string of the molecule is O=C([C@H]1CCCC[C@H]1C(=O)N1CCCC1)N1CC(Oc2ccccc2F)C1. The van der Waals surface area contributed by atoms with Gasteiger partial charge in [-0.1, -0.05) is 25.0 Å². The molecule has 3 fully saturated rings. The second-order valence-corrected chi connectivity index (χ2v) is 7.94. The molecular weight excluding hydrogens is 347 g/mol. The van der Waals surface area contributed by atoms with Crippen LogP contribution in [-0.4, -0.2) is 53.9 Å². The van der Waals surface area contributed by atoms with Gasteiger partial charge in [-0.3, -0.25) is 9.59 Å². The molecule has 5 nitrogen and oxygen atoms in total. The highest BCUT2D eigenvalue weighted by molar-refractivity contribution is 5.88. The minimum absolute atomic E-state index is 0.0700. The van der Waals surface area contributed by atoms with E-state index in [0.29, 0.717) is 13.1 Å². The molecule has 2 heterocycles. The van der Waals surface area contributed by atoms with E-state index in [1.54, 1.807) is 23.1 Å². The summed E-state index contributed by atoms with van der Waals surface area (Å²) in [7, 11) is 0. The molecule has 2 atom stereocenters. The lowest BCUT2D eigenvalue weighted by Crippen LogP contribution is -2.59. The van der Waals surface area contributed by atoms with Gasteiger partial charge in [-0.15, -0.1) is 0 Å². The van der Waals surface area contributed by atoms with Gasteiger partial charge in [-0.25, -0.2) is 4.39 Å². The van der Waals surface area contributed by atoms with Crippen LogP contribution in [0.2, 0.25) is 0 Å². The minimum Gasteiger partial charge on any atom is -0.484 e. The molecule has 1 saturated carbocycles. The summed E-state index contributed by atoms with van der Waals surface area (Å²) in [5.41, 5.74) is 0. The Morgan fingerprint density at radius 3 is 2.11 bits per heavy atom. The maximum Gasteiger partial charge on any atom is 0.226 e. The van der Waals surface area contributed by atoms with Crippen LogP contribution in [0, 0.1) is 17.7 Å². The van der Waals surface area contributed by atoms with Crippen molar-refractivity contribution in [2.75, 3.05) is 26.2 Å². The molecule has 6 heteroatoms. The highest BCUT2D eigenvalue weighted by Crippen LogP contribution is 2.35. The van der Waals surface area contributed by atoms with Gasteiger partial charge in [0.05, 0.1) is 13.1 Å². The van der Waals surface area contributed by atoms with E-state index in [0.717, 1.165) is 51.6 Å². The number of hydrogen-bond donors (Lipinski definition) is 0. The number of benzene rings is 1. The van der Waals surface area contributed by atoms with Crippen LogP contribution in [0.25, 0.3) is 0 Å². The van der Waals surface area contributed by atoms with Crippen LogP contribution in [-0.2, 0) is 9.59 Å². The first kappa shape index (κ1) is 18.3. The first-order valence-electron chi connectivity index (χ1n) is 10.1. The summed E-state index contributed by atoms with van der Waals surface area (Å²) in [5.74, 6) is -0.289. The molecule has 1 aliphatic carbocycles. The van der Waals surface area contributed by atoms with Gasteiger partial charge in [0.15, 0.2) is 11.6 Å². The van der Waals surface area contributed by atoms with E-state index in [-0.39, 0.29) is 41.3 Å². The Labute approximate surface area is 159 Å². The maximum atomic E-state index is 13.7. The normalized spacial score (nSPS) is 26.0. The Kier molecular flexibility index (Phi) is 5.32. The van der Waals surface area contributed by atoms with E-state index in [9.17, 15) is 14.0 Å². The van der Waals surface area contributed by atoms with Crippen molar-refractivity contribution < 1.29 is 18.7 Å². The number of carbonyl (C=O) groups is 2. The smallest absolute Gasteiger partial charge is 0.226 e. The lowest BCUT2D eigenvalue weighted by molar-refractivity contribution is -0.153. The minimum atomic E-state index is -0.383. The zero-order chi connectivity index (χ0) is 18.8. The number of ether oxygens (including phenoxy) is 1. The molecule has 0 aromatic heterocycles. The van der Waals surface area contributed by atoms with Crippen molar-refractivity contribution >= 4 is 11.8 Å². The molecule has 0 radical (unpaired) electrons. The fourth-order valence-electron chi connectivity index (χ4n) is 4.54. The van der Waals surface area contributed by atoms with Gasteiger partial charge in [-0.05, 0) is 37.8 Å². The summed E-state index contributed by atoms with van der Waals surface area (Å²) in [5, 5.41) is 0. The third kappa shape index (κ3) is 3.80. The van der Waals surface area contributed by atoms with Crippen LogP contribution < -0.4 is 4.74 Å². The average Bonchev–Trinajstić information content (AvgIpc) is 3.19. The predicted molar refractivity (Wildman–Crippen MR) is 98.7 cm³/mol. The van der Waals surface area contributed by atoms with Crippen LogP contribution in [0.1, 0.15) is 38.5 Å². The van der Waals surface area contributed by atoms with E-state index < -0.39 is 0 Å². The summed E-state index contributed by atoms with van der Waals surface area (Å²) in [6, 6.07) is 6.33. The fourth-order valence-corrected chi connectivity index (χ4v) is 4.54. The topological polar surface area (TPSA) is 49.9 Å². The van der Waals surface area contributed by atoms with Gasteiger partial charge in [0, 0.05) is 24.9 Å². The number of para-hydroxylation sites is 1. The number of hydrogen-bond acceptors (Lipinski definition) is 3. The van der Waals surface area contributed by atoms with Crippen LogP contribution in [0.3, 0.4) is 0 Å². The summed E-state index contributed by atoms with van der Waals surface area (Å²) in [6.45, 7) is 2.60. The average molecular weight is 374 g/mol. The van der Waals surface area contributed by atoms with E-state index in [4.69, 9.17) is 4.74 Å². The van der Waals surface area contributed by atoms with Crippen molar-refractivity contribution in [1.29, 1.82) is 0 Å². The van der Waals surface area contributed by atoms with Crippen LogP contribution in [0.15, 0.2) is 24.3 Å². The van der Waals surface area contributed by atoms with Crippen LogP contribution in [0.4, 0.5) is 4.39 Å². The van der Waals surface area contributed by atoms with Gasteiger partial charge in [0.2, 0.25) is 11.8 Å². The van der Waals surface area contributed by atoms with E-state index in [2.05, 4.69) is 0 Å². The third-order valence-corrected chi connectivity index (χ3v) is 6.11. The molecule has 0 bridgehead atoms. The summed E-state index contributed by atoms with van der Waals surface area (Å²) in [4.78, 5) is 29.6. The van der Waals surface area contributed by atoms with Crippen molar-refractivity contribution in [3.63, 3.8) is 0 Å². The Bertz CT molecular complexity index is 698. The number of amides is 2.